The number of rotatable bonds is 4. The third kappa shape index (κ3) is 3.99. The summed E-state index contributed by atoms with van der Waals surface area (Å²) in [5.74, 6) is 0.700. The number of alkyl halides is 1. The summed E-state index contributed by atoms with van der Waals surface area (Å²) in [7, 11) is 0. The second-order valence-corrected chi connectivity index (χ2v) is 6.52. The molecule has 1 saturated heterocycles. The second kappa shape index (κ2) is 7.12. The monoisotopic (exact) mass is 293 g/mol. The molecule has 0 bridgehead atoms. The van der Waals surface area contributed by atoms with Gasteiger partial charge in [-0.25, -0.2) is 0 Å². The Bertz CT molecular complexity index is 435. The Morgan fingerprint density at radius 3 is 2.30 bits per heavy atom. The molecule has 1 aliphatic rings. The van der Waals surface area contributed by atoms with Crippen LogP contribution in [-0.2, 0) is 11.2 Å². The molecule has 0 radical (unpaired) electrons. The Hall–Kier alpha value is -1.02. The Morgan fingerprint density at radius 2 is 1.75 bits per heavy atom. The van der Waals surface area contributed by atoms with Gasteiger partial charge in [0.1, 0.15) is 5.38 Å². The number of halogens is 1. The summed E-state index contributed by atoms with van der Waals surface area (Å²) in [5.41, 5.74) is 2.22. The molecule has 1 aromatic carbocycles. The molecule has 1 aromatic rings. The van der Waals surface area contributed by atoms with E-state index in [9.17, 15) is 4.79 Å². The largest absolute Gasteiger partial charge is 0.341 e. The molecule has 1 aliphatic heterocycles. The normalized spacial score (nSPS) is 17.3. The predicted molar refractivity (Wildman–Crippen MR) is 84.0 cm³/mol. The van der Waals surface area contributed by atoms with Crippen LogP contribution in [0.3, 0.4) is 0 Å². The highest BCUT2D eigenvalue weighted by Crippen LogP contribution is 2.25. The topological polar surface area (TPSA) is 20.3 Å². The average Bonchev–Trinajstić information content (AvgIpc) is 2.47. The zero-order valence-corrected chi connectivity index (χ0v) is 13.2. The Labute approximate surface area is 127 Å². The summed E-state index contributed by atoms with van der Waals surface area (Å²) in [6.45, 7) is 6.12. The van der Waals surface area contributed by atoms with Gasteiger partial charge in [-0.2, -0.15) is 0 Å². The molecule has 1 amide bonds. The molecule has 0 spiro atoms. The highest BCUT2D eigenvalue weighted by atomic mass is 35.5. The molecule has 1 atom stereocenters. The van der Waals surface area contributed by atoms with Crippen LogP contribution in [0.1, 0.15) is 49.6 Å². The Balaban J connectivity index is 2.00. The first-order valence-electron chi connectivity index (χ1n) is 7.59. The number of carbonyl (C=O) groups is 1. The molecule has 2 nitrogen and oxygen atoms in total. The van der Waals surface area contributed by atoms with Gasteiger partial charge in [0.2, 0.25) is 5.91 Å². The number of hydrogen-bond acceptors (Lipinski definition) is 1. The van der Waals surface area contributed by atoms with E-state index < -0.39 is 5.38 Å². The van der Waals surface area contributed by atoms with Crippen molar-refractivity contribution in [3.63, 3.8) is 0 Å². The number of carbonyl (C=O) groups excluding carboxylic acids is 1. The molecule has 0 saturated carbocycles. The summed E-state index contributed by atoms with van der Waals surface area (Å²) in [5, 5.41) is -0.541. The number of piperidine rings is 1. The van der Waals surface area contributed by atoms with Crippen molar-refractivity contribution in [2.75, 3.05) is 13.1 Å². The summed E-state index contributed by atoms with van der Waals surface area (Å²) in [6.07, 6.45) is 4.49. The standard InChI is InChI=1S/C17H24ClNO/c1-13(2)12-14-6-8-15(9-7-14)16(18)17(20)19-10-4-3-5-11-19/h6-9,13,16H,3-5,10-12H2,1-2H3. The molecule has 0 N–H and O–H groups in total. The number of nitrogens with zero attached hydrogens (tertiary/aromatic N) is 1. The van der Waals surface area contributed by atoms with Gasteiger partial charge in [0, 0.05) is 13.1 Å². The number of hydrogen-bond donors (Lipinski definition) is 0. The maximum Gasteiger partial charge on any atom is 0.245 e. The SMILES string of the molecule is CC(C)Cc1ccc(C(Cl)C(=O)N2CCCCC2)cc1. The van der Waals surface area contributed by atoms with Crippen LogP contribution < -0.4 is 0 Å². The van der Waals surface area contributed by atoms with Crippen molar-refractivity contribution in [1.82, 2.24) is 4.90 Å². The number of likely N-dealkylation sites (tertiary alicyclic amines) is 1. The fourth-order valence-electron chi connectivity index (χ4n) is 2.71. The van der Waals surface area contributed by atoms with Gasteiger partial charge < -0.3 is 4.90 Å². The van der Waals surface area contributed by atoms with Gasteiger partial charge in [0.05, 0.1) is 0 Å². The molecule has 20 heavy (non-hydrogen) atoms. The Morgan fingerprint density at radius 1 is 1.15 bits per heavy atom. The first-order valence-corrected chi connectivity index (χ1v) is 8.03. The van der Waals surface area contributed by atoms with Crippen LogP contribution in [0.15, 0.2) is 24.3 Å². The molecular weight excluding hydrogens is 270 g/mol. The lowest BCUT2D eigenvalue weighted by atomic mass is 10.0. The maximum atomic E-state index is 12.4. The van der Waals surface area contributed by atoms with E-state index in [4.69, 9.17) is 11.6 Å². The van der Waals surface area contributed by atoms with Crippen LogP contribution in [-0.4, -0.2) is 23.9 Å². The minimum Gasteiger partial charge on any atom is -0.341 e. The predicted octanol–water partition coefficient (Wildman–Crippen LogP) is 4.18. The van der Waals surface area contributed by atoms with E-state index in [0.29, 0.717) is 5.92 Å². The van der Waals surface area contributed by atoms with Crippen LogP contribution in [0.2, 0.25) is 0 Å². The first kappa shape index (κ1) is 15.4. The van der Waals surface area contributed by atoms with E-state index >= 15 is 0 Å². The lowest BCUT2D eigenvalue weighted by molar-refractivity contribution is -0.131. The number of amides is 1. The summed E-state index contributed by atoms with van der Waals surface area (Å²) >= 11 is 6.36. The summed E-state index contributed by atoms with van der Waals surface area (Å²) < 4.78 is 0. The van der Waals surface area contributed by atoms with Gasteiger partial charge in [-0.3, -0.25) is 4.79 Å². The van der Waals surface area contributed by atoms with Crippen molar-refractivity contribution in [3.8, 4) is 0 Å². The first-order chi connectivity index (χ1) is 9.58. The minimum absolute atomic E-state index is 0.0583. The van der Waals surface area contributed by atoms with E-state index in [-0.39, 0.29) is 5.91 Å². The van der Waals surface area contributed by atoms with Crippen molar-refractivity contribution >= 4 is 17.5 Å². The fourth-order valence-corrected chi connectivity index (χ4v) is 2.99. The van der Waals surface area contributed by atoms with Crippen molar-refractivity contribution in [3.05, 3.63) is 35.4 Å². The molecule has 2 rings (SSSR count). The van der Waals surface area contributed by atoms with Crippen molar-refractivity contribution < 1.29 is 4.79 Å². The lowest BCUT2D eigenvalue weighted by Gasteiger charge is -2.28. The van der Waals surface area contributed by atoms with Gasteiger partial charge >= 0.3 is 0 Å². The molecule has 0 aromatic heterocycles. The highest BCUT2D eigenvalue weighted by Gasteiger charge is 2.24. The second-order valence-electron chi connectivity index (χ2n) is 6.09. The molecular formula is C17H24ClNO. The van der Waals surface area contributed by atoms with Gasteiger partial charge in [-0.05, 0) is 42.7 Å². The zero-order valence-electron chi connectivity index (χ0n) is 12.4. The van der Waals surface area contributed by atoms with Crippen LogP contribution in [0.4, 0.5) is 0 Å². The molecule has 1 fully saturated rings. The van der Waals surface area contributed by atoms with E-state index in [1.165, 1.54) is 12.0 Å². The Kier molecular flexibility index (Phi) is 5.47. The molecule has 110 valence electrons. The smallest absolute Gasteiger partial charge is 0.245 e. The molecule has 3 heteroatoms. The third-order valence-corrected chi connectivity index (χ3v) is 4.24. The minimum atomic E-state index is -0.541. The van der Waals surface area contributed by atoms with Gasteiger partial charge in [-0.1, -0.05) is 38.1 Å². The van der Waals surface area contributed by atoms with E-state index in [0.717, 1.165) is 37.9 Å². The quantitative estimate of drug-likeness (QED) is 0.763. The van der Waals surface area contributed by atoms with E-state index in [1.54, 1.807) is 0 Å². The van der Waals surface area contributed by atoms with Crippen LogP contribution in [0, 0.1) is 5.92 Å². The average molecular weight is 294 g/mol. The van der Waals surface area contributed by atoms with Crippen molar-refractivity contribution in [1.29, 1.82) is 0 Å². The fraction of sp³-hybridized carbons (Fsp3) is 0.588. The molecule has 1 heterocycles. The zero-order chi connectivity index (χ0) is 14.5. The van der Waals surface area contributed by atoms with Gasteiger partial charge in [0.25, 0.3) is 0 Å². The third-order valence-electron chi connectivity index (χ3n) is 3.80. The van der Waals surface area contributed by atoms with E-state index in [2.05, 4.69) is 26.0 Å². The van der Waals surface area contributed by atoms with Crippen LogP contribution >= 0.6 is 11.6 Å². The highest BCUT2D eigenvalue weighted by molar-refractivity contribution is 6.30. The maximum absolute atomic E-state index is 12.4. The van der Waals surface area contributed by atoms with Crippen LogP contribution in [0.5, 0.6) is 0 Å². The summed E-state index contributed by atoms with van der Waals surface area (Å²) in [4.78, 5) is 14.3. The van der Waals surface area contributed by atoms with Gasteiger partial charge in [0.15, 0.2) is 0 Å². The van der Waals surface area contributed by atoms with Gasteiger partial charge in [-0.15, -0.1) is 11.6 Å². The van der Waals surface area contributed by atoms with Crippen molar-refractivity contribution in [2.24, 2.45) is 5.92 Å². The van der Waals surface area contributed by atoms with Crippen LogP contribution in [0.25, 0.3) is 0 Å². The lowest BCUT2D eigenvalue weighted by Crippen LogP contribution is -2.37. The number of benzene rings is 1. The van der Waals surface area contributed by atoms with Crippen molar-refractivity contribution in [2.45, 2.75) is 44.9 Å². The summed E-state index contributed by atoms with van der Waals surface area (Å²) in [6, 6.07) is 8.18. The molecule has 1 unspecified atom stereocenters. The van der Waals surface area contributed by atoms with E-state index in [1.807, 2.05) is 17.0 Å². The molecule has 0 aliphatic carbocycles.